The predicted molar refractivity (Wildman–Crippen MR) is 70.3 cm³/mol. The molecule has 1 heterocycles. The van der Waals surface area contributed by atoms with Crippen LogP contribution in [-0.4, -0.2) is 61.0 Å². The van der Waals surface area contributed by atoms with Crippen LogP contribution < -0.4 is 5.32 Å². The van der Waals surface area contributed by atoms with E-state index in [1.165, 1.54) is 0 Å². The monoisotopic (exact) mass is 244 g/mol. The summed E-state index contributed by atoms with van der Waals surface area (Å²) in [5.41, 5.74) is -0.149. The second-order valence-corrected chi connectivity index (χ2v) is 5.96. The number of likely N-dealkylation sites (N-methyl/N-ethyl adjacent to an activating group) is 1. The summed E-state index contributed by atoms with van der Waals surface area (Å²) < 4.78 is 5.69. The van der Waals surface area contributed by atoms with Crippen molar-refractivity contribution in [2.45, 2.75) is 44.8 Å². The fourth-order valence-corrected chi connectivity index (χ4v) is 2.28. The molecule has 1 fully saturated rings. The molecule has 2 N–H and O–H groups in total. The third kappa shape index (κ3) is 4.92. The third-order valence-corrected chi connectivity index (χ3v) is 3.66. The minimum atomic E-state index is -0.137. The molecule has 1 rings (SSSR count). The van der Waals surface area contributed by atoms with Gasteiger partial charge in [0.05, 0.1) is 18.8 Å². The smallest absolute Gasteiger partial charge is 0.0753 e. The summed E-state index contributed by atoms with van der Waals surface area (Å²) in [4.78, 5) is 2.46. The van der Waals surface area contributed by atoms with E-state index in [1.54, 1.807) is 0 Å². The highest BCUT2D eigenvalue weighted by Crippen LogP contribution is 2.18. The highest BCUT2D eigenvalue weighted by atomic mass is 16.5. The highest BCUT2D eigenvalue weighted by molar-refractivity contribution is 4.83. The lowest BCUT2D eigenvalue weighted by Gasteiger charge is -2.38. The van der Waals surface area contributed by atoms with Crippen LogP contribution in [0.5, 0.6) is 0 Å². The van der Waals surface area contributed by atoms with Gasteiger partial charge in [-0.3, -0.25) is 4.90 Å². The SMILES string of the molecule is CNC(C)(CO)CCCN1CCOC(C)(C)C1. The maximum Gasteiger partial charge on any atom is 0.0753 e. The van der Waals surface area contributed by atoms with E-state index in [9.17, 15) is 5.11 Å². The van der Waals surface area contributed by atoms with Gasteiger partial charge in [0.15, 0.2) is 0 Å². The standard InChI is InChI=1S/C13H28N2O2/c1-12(2)10-15(8-9-17-12)7-5-6-13(3,11-16)14-4/h14,16H,5-11H2,1-4H3. The van der Waals surface area contributed by atoms with Crippen molar-refractivity contribution in [3.63, 3.8) is 0 Å². The van der Waals surface area contributed by atoms with E-state index < -0.39 is 0 Å². The van der Waals surface area contributed by atoms with Crippen LogP contribution in [0.4, 0.5) is 0 Å². The molecule has 0 amide bonds. The fourth-order valence-electron chi connectivity index (χ4n) is 2.28. The van der Waals surface area contributed by atoms with E-state index in [1.807, 2.05) is 7.05 Å². The molecule has 4 heteroatoms. The van der Waals surface area contributed by atoms with Gasteiger partial charge in [0, 0.05) is 18.6 Å². The van der Waals surface area contributed by atoms with Crippen LogP contribution in [-0.2, 0) is 4.74 Å². The number of hydrogen-bond acceptors (Lipinski definition) is 4. The van der Waals surface area contributed by atoms with Gasteiger partial charge in [-0.1, -0.05) is 0 Å². The number of nitrogens with zero attached hydrogens (tertiary/aromatic N) is 1. The largest absolute Gasteiger partial charge is 0.394 e. The Bertz CT molecular complexity index is 227. The van der Waals surface area contributed by atoms with Crippen molar-refractivity contribution < 1.29 is 9.84 Å². The van der Waals surface area contributed by atoms with Crippen molar-refractivity contribution in [3.8, 4) is 0 Å². The Labute approximate surface area is 105 Å². The van der Waals surface area contributed by atoms with E-state index in [0.29, 0.717) is 0 Å². The van der Waals surface area contributed by atoms with Crippen LogP contribution in [0.1, 0.15) is 33.6 Å². The zero-order valence-electron chi connectivity index (χ0n) is 11.8. The van der Waals surface area contributed by atoms with Crippen molar-refractivity contribution in [2.75, 3.05) is 39.9 Å². The molecule has 17 heavy (non-hydrogen) atoms. The molecular formula is C13H28N2O2. The van der Waals surface area contributed by atoms with Crippen LogP contribution in [0.2, 0.25) is 0 Å². The maximum absolute atomic E-state index is 9.31. The molecule has 1 saturated heterocycles. The first kappa shape index (κ1) is 14.9. The summed E-state index contributed by atoms with van der Waals surface area (Å²) in [6, 6.07) is 0. The van der Waals surface area contributed by atoms with Crippen LogP contribution in [0.25, 0.3) is 0 Å². The van der Waals surface area contributed by atoms with Crippen molar-refractivity contribution >= 4 is 0 Å². The van der Waals surface area contributed by atoms with Gasteiger partial charge in [0.1, 0.15) is 0 Å². The summed E-state index contributed by atoms with van der Waals surface area (Å²) in [5.74, 6) is 0. The number of morpholine rings is 1. The molecule has 0 aliphatic carbocycles. The molecule has 0 aromatic heterocycles. The Kier molecular flexibility index (Phi) is 5.38. The van der Waals surface area contributed by atoms with Gasteiger partial charge in [-0.15, -0.1) is 0 Å². The number of aliphatic hydroxyl groups is 1. The lowest BCUT2D eigenvalue weighted by molar-refractivity contribution is -0.0864. The summed E-state index contributed by atoms with van der Waals surface area (Å²) in [5, 5.41) is 12.5. The zero-order valence-corrected chi connectivity index (χ0v) is 11.8. The molecule has 1 atom stereocenters. The van der Waals surface area contributed by atoms with E-state index in [4.69, 9.17) is 4.74 Å². The van der Waals surface area contributed by atoms with Gasteiger partial charge < -0.3 is 15.2 Å². The van der Waals surface area contributed by atoms with E-state index in [2.05, 4.69) is 31.0 Å². The third-order valence-electron chi connectivity index (χ3n) is 3.66. The lowest BCUT2D eigenvalue weighted by Crippen LogP contribution is -2.49. The first-order chi connectivity index (χ1) is 7.91. The molecule has 0 saturated carbocycles. The van der Waals surface area contributed by atoms with E-state index in [0.717, 1.165) is 39.1 Å². The second kappa shape index (κ2) is 6.14. The zero-order chi connectivity index (χ0) is 12.9. The van der Waals surface area contributed by atoms with Crippen molar-refractivity contribution in [2.24, 2.45) is 0 Å². The van der Waals surface area contributed by atoms with Gasteiger partial charge in [-0.25, -0.2) is 0 Å². The maximum atomic E-state index is 9.31. The molecule has 4 nitrogen and oxygen atoms in total. The predicted octanol–water partition coefficient (Wildman–Crippen LogP) is 0.848. The molecule has 0 spiro atoms. The van der Waals surface area contributed by atoms with Crippen molar-refractivity contribution in [1.29, 1.82) is 0 Å². The number of rotatable bonds is 6. The Morgan fingerprint density at radius 2 is 2.18 bits per heavy atom. The number of aliphatic hydroxyl groups excluding tert-OH is 1. The summed E-state index contributed by atoms with van der Waals surface area (Å²) in [6.07, 6.45) is 2.10. The quantitative estimate of drug-likeness (QED) is 0.727. The van der Waals surface area contributed by atoms with Gasteiger partial charge in [0.2, 0.25) is 0 Å². The average molecular weight is 244 g/mol. The molecule has 0 bridgehead atoms. The molecule has 1 aliphatic heterocycles. The topological polar surface area (TPSA) is 44.7 Å². The number of nitrogens with one attached hydrogen (secondary N) is 1. The Morgan fingerprint density at radius 3 is 2.71 bits per heavy atom. The van der Waals surface area contributed by atoms with Crippen LogP contribution in [0.3, 0.4) is 0 Å². The lowest BCUT2D eigenvalue weighted by atomic mass is 9.97. The van der Waals surface area contributed by atoms with Gasteiger partial charge in [-0.2, -0.15) is 0 Å². The molecule has 1 aliphatic rings. The molecule has 1 unspecified atom stereocenters. The van der Waals surface area contributed by atoms with Gasteiger partial charge >= 0.3 is 0 Å². The van der Waals surface area contributed by atoms with Gasteiger partial charge in [-0.05, 0) is 47.2 Å². The van der Waals surface area contributed by atoms with Crippen molar-refractivity contribution in [3.05, 3.63) is 0 Å². The summed E-state index contributed by atoms with van der Waals surface area (Å²) in [7, 11) is 1.91. The molecular weight excluding hydrogens is 216 g/mol. The number of ether oxygens (including phenoxy) is 1. The minimum absolute atomic E-state index is 0.0124. The highest BCUT2D eigenvalue weighted by Gasteiger charge is 2.27. The summed E-state index contributed by atoms with van der Waals surface area (Å²) in [6.45, 7) is 10.5. The molecule has 102 valence electrons. The average Bonchev–Trinajstić information content (AvgIpc) is 2.27. The Morgan fingerprint density at radius 1 is 1.47 bits per heavy atom. The molecule has 0 aromatic carbocycles. The normalized spacial score (nSPS) is 24.5. The number of hydrogen-bond donors (Lipinski definition) is 2. The van der Waals surface area contributed by atoms with Crippen LogP contribution in [0.15, 0.2) is 0 Å². The summed E-state index contributed by atoms with van der Waals surface area (Å²) >= 11 is 0. The molecule has 0 aromatic rings. The van der Waals surface area contributed by atoms with Crippen molar-refractivity contribution in [1.82, 2.24) is 10.2 Å². The minimum Gasteiger partial charge on any atom is -0.394 e. The Balaban J connectivity index is 2.27. The Hall–Kier alpha value is -0.160. The van der Waals surface area contributed by atoms with E-state index >= 15 is 0 Å². The second-order valence-electron chi connectivity index (χ2n) is 5.96. The van der Waals surface area contributed by atoms with E-state index in [-0.39, 0.29) is 17.7 Å². The fraction of sp³-hybridized carbons (Fsp3) is 1.00. The van der Waals surface area contributed by atoms with Crippen LogP contribution >= 0.6 is 0 Å². The van der Waals surface area contributed by atoms with Crippen LogP contribution in [0, 0.1) is 0 Å². The molecule has 0 radical (unpaired) electrons. The first-order valence-corrected chi connectivity index (χ1v) is 6.57. The first-order valence-electron chi connectivity index (χ1n) is 6.57. The van der Waals surface area contributed by atoms with Gasteiger partial charge in [0.25, 0.3) is 0 Å².